The van der Waals surface area contributed by atoms with Crippen molar-refractivity contribution in [2.24, 2.45) is 0 Å². The standard InChI is InChI=1S/C12H16BrNO2/c1-3-16-12(15)14-9(2)8-10-4-6-11(13)7-5-10/h4-7,9H,3,8H2,1-2H3,(H,14,15). The summed E-state index contributed by atoms with van der Waals surface area (Å²) in [5, 5.41) is 2.77. The summed E-state index contributed by atoms with van der Waals surface area (Å²) in [5.41, 5.74) is 1.19. The molecule has 0 saturated carbocycles. The van der Waals surface area contributed by atoms with Crippen LogP contribution in [0.1, 0.15) is 19.4 Å². The van der Waals surface area contributed by atoms with Gasteiger partial charge in [-0.05, 0) is 38.0 Å². The molecule has 0 spiro atoms. The third-order valence-corrected chi connectivity index (χ3v) is 2.62. The Balaban J connectivity index is 2.42. The van der Waals surface area contributed by atoms with Crippen molar-refractivity contribution in [3.05, 3.63) is 34.3 Å². The second-order valence-electron chi connectivity index (χ2n) is 3.60. The maximum Gasteiger partial charge on any atom is 0.407 e. The molecule has 1 aromatic rings. The molecule has 0 radical (unpaired) electrons. The highest BCUT2D eigenvalue weighted by atomic mass is 79.9. The number of ether oxygens (including phenoxy) is 1. The fourth-order valence-corrected chi connectivity index (χ4v) is 1.66. The molecular weight excluding hydrogens is 270 g/mol. The first-order valence-electron chi connectivity index (χ1n) is 5.29. The van der Waals surface area contributed by atoms with Crippen LogP contribution in [-0.4, -0.2) is 18.7 Å². The van der Waals surface area contributed by atoms with Crippen LogP contribution in [0.3, 0.4) is 0 Å². The SMILES string of the molecule is CCOC(=O)NC(C)Cc1ccc(Br)cc1. The van der Waals surface area contributed by atoms with E-state index in [-0.39, 0.29) is 12.1 Å². The van der Waals surface area contributed by atoms with Crippen molar-refractivity contribution < 1.29 is 9.53 Å². The van der Waals surface area contributed by atoms with Gasteiger partial charge in [-0.25, -0.2) is 4.79 Å². The summed E-state index contributed by atoms with van der Waals surface area (Å²) in [6.45, 7) is 4.15. The second kappa shape index (κ2) is 6.53. The fourth-order valence-electron chi connectivity index (χ4n) is 1.40. The molecule has 88 valence electrons. The first-order chi connectivity index (χ1) is 7.61. The lowest BCUT2D eigenvalue weighted by Gasteiger charge is -2.13. The van der Waals surface area contributed by atoms with Crippen molar-refractivity contribution >= 4 is 22.0 Å². The van der Waals surface area contributed by atoms with Crippen LogP contribution in [0.5, 0.6) is 0 Å². The summed E-state index contributed by atoms with van der Waals surface area (Å²) in [6, 6.07) is 8.12. The van der Waals surface area contributed by atoms with Gasteiger partial charge in [-0.1, -0.05) is 28.1 Å². The van der Waals surface area contributed by atoms with Gasteiger partial charge >= 0.3 is 6.09 Å². The number of amides is 1. The smallest absolute Gasteiger partial charge is 0.407 e. The quantitative estimate of drug-likeness (QED) is 0.923. The molecule has 1 amide bonds. The van der Waals surface area contributed by atoms with E-state index in [1.807, 2.05) is 31.2 Å². The Morgan fingerprint density at radius 1 is 1.44 bits per heavy atom. The van der Waals surface area contributed by atoms with Crippen LogP contribution in [0.2, 0.25) is 0 Å². The molecule has 1 N–H and O–H groups in total. The molecule has 3 nitrogen and oxygen atoms in total. The van der Waals surface area contributed by atoms with Gasteiger partial charge < -0.3 is 10.1 Å². The topological polar surface area (TPSA) is 38.3 Å². The number of benzene rings is 1. The van der Waals surface area contributed by atoms with Crippen LogP contribution in [0.4, 0.5) is 4.79 Å². The first kappa shape index (κ1) is 13.0. The number of rotatable bonds is 4. The Morgan fingerprint density at radius 2 is 2.06 bits per heavy atom. The minimum atomic E-state index is -0.355. The third-order valence-electron chi connectivity index (χ3n) is 2.09. The summed E-state index contributed by atoms with van der Waals surface area (Å²) in [7, 11) is 0. The molecule has 1 rings (SSSR count). The molecule has 1 unspecified atom stereocenters. The van der Waals surface area contributed by atoms with Crippen LogP contribution < -0.4 is 5.32 Å². The Hall–Kier alpha value is -1.03. The monoisotopic (exact) mass is 285 g/mol. The maximum absolute atomic E-state index is 11.2. The summed E-state index contributed by atoms with van der Waals surface area (Å²) in [4.78, 5) is 11.2. The molecule has 0 heterocycles. The molecular formula is C12H16BrNO2. The van der Waals surface area contributed by atoms with E-state index in [4.69, 9.17) is 4.74 Å². The minimum absolute atomic E-state index is 0.0697. The van der Waals surface area contributed by atoms with Crippen molar-refractivity contribution in [2.45, 2.75) is 26.3 Å². The Morgan fingerprint density at radius 3 is 2.62 bits per heavy atom. The lowest BCUT2D eigenvalue weighted by molar-refractivity contribution is 0.149. The van der Waals surface area contributed by atoms with Gasteiger partial charge in [0.15, 0.2) is 0 Å². The molecule has 0 bridgehead atoms. The number of hydrogen-bond acceptors (Lipinski definition) is 2. The number of nitrogens with one attached hydrogen (secondary N) is 1. The van der Waals surface area contributed by atoms with Crippen LogP contribution in [0.25, 0.3) is 0 Å². The van der Waals surface area contributed by atoms with Gasteiger partial charge in [-0.2, -0.15) is 0 Å². The van der Waals surface area contributed by atoms with E-state index < -0.39 is 0 Å². The zero-order valence-electron chi connectivity index (χ0n) is 9.50. The third kappa shape index (κ3) is 4.66. The summed E-state index contributed by atoms with van der Waals surface area (Å²) in [6.07, 6.45) is 0.443. The molecule has 0 aromatic heterocycles. The number of carbonyl (C=O) groups excluding carboxylic acids is 1. The van der Waals surface area contributed by atoms with Crippen LogP contribution in [-0.2, 0) is 11.2 Å². The Kier molecular flexibility index (Phi) is 5.32. The number of halogens is 1. The predicted molar refractivity (Wildman–Crippen MR) is 67.5 cm³/mol. The molecule has 0 aliphatic rings. The number of alkyl carbamates (subject to hydrolysis) is 1. The normalized spacial score (nSPS) is 11.9. The highest BCUT2D eigenvalue weighted by molar-refractivity contribution is 9.10. The van der Waals surface area contributed by atoms with Crippen LogP contribution >= 0.6 is 15.9 Å². The summed E-state index contributed by atoms with van der Waals surface area (Å²) < 4.78 is 5.87. The van der Waals surface area contributed by atoms with Crippen molar-refractivity contribution in [1.82, 2.24) is 5.32 Å². The lowest BCUT2D eigenvalue weighted by atomic mass is 10.1. The molecule has 0 saturated heterocycles. The summed E-state index contributed by atoms with van der Waals surface area (Å²) >= 11 is 3.38. The molecule has 16 heavy (non-hydrogen) atoms. The van der Waals surface area contributed by atoms with Crippen molar-refractivity contribution in [3.63, 3.8) is 0 Å². The molecule has 0 fully saturated rings. The van der Waals surface area contributed by atoms with Gasteiger partial charge in [0.2, 0.25) is 0 Å². The fraction of sp³-hybridized carbons (Fsp3) is 0.417. The van der Waals surface area contributed by atoms with Gasteiger partial charge in [0.25, 0.3) is 0 Å². The van der Waals surface area contributed by atoms with Gasteiger partial charge in [-0.3, -0.25) is 0 Å². The predicted octanol–water partition coefficient (Wildman–Crippen LogP) is 3.13. The van der Waals surface area contributed by atoms with Crippen LogP contribution in [0.15, 0.2) is 28.7 Å². The van der Waals surface area contributed by atoms with Crippen LogP contribution in [0, 0.1) is 0 Å². The van der Waals surface area contributed by atoms with Gasteiger partial charge in [0, 0.05) is 10.5 Å². The zero-order chi connectivity index (χ0) is 12.0. The van der Waals surface area contributed by atoms with Gasteiger partial charge in [0.05, 0.1) is 6.61 Å². The van der Waals surface area contributed by atoms with Gasteiger partial charge in [0.1, 0.15) is 0 Å². The van der Waals surface area contributed by atoms with E-state index in [0.717, 1.165) is 10.9 Å². The largest absolute Gasteiger partial charge is 0.450 e. The lowest BCUT2D eigenvalue weighted by Crippen LogP contribution is -2.34. The highest BCUT2D eigenvalue weighted by Gasteiger charge is 2.07. The second-order valence-corrected chi connectivity index (χ2v) is 4.51. The first-order valence-corrected chi connectivity index (χ1v) is 6.09. The van der Waals surface area contributed by atoms with Crippen molar-refractivity contribution in [1.29, 1.82) is 0 Å². The maximum atomic E-state index is 11.2. The van der Waals surface area contributed by atoms with Crippen molar-refractivity contribution in [2.75, 3.05) is 6.61 Å². The minimum Gasteiger partial charge on any atom is -0.450 e. The van der Waals surface area contributed by atoms with E-state index in [1.165, 1.54) is 5.56 Å². The average Bonchev–Trinajstić information content (AvgIpc) is 2.21. The molecule has 1 aromatic carbocycles. The van der Waals surface area contributed by atoms with Gasteiger partial charge in [-0.15, -0.1) is 0 Å². The molecule has 0 aliphatic heterocycles. The van der Waals surface area contributed by atoms with E-state index in [2.05, 4.69) is 21.2 Å². The zero-order valence-corrected chi connectivity index (χ0v) is 11.1. The highest BCUT2D eigenvalue weighted by Crippen LogP contribution is 2.11. The molecule has 1 atom stereocenters. The van der Waals surface area contributed by atoms with E-state index in [9.17, 15) is 4.79 Å². The van der Waals surface area contributed by atoms with Crippen molar-refractivity contribution in [3.8, 4) is 0 Å². The molecule has 0 aliphatic carbocycles. The summed E-state index contributed by atoms with van der Waals surface area (Å²) in [5.74, 6) is 0. The number of carbonyl (C=O) groups is 1. The Bertz CT molecular complexity index is 337. The van der Waals surface area contributed by atoms with E-state index >= 15 is 0 Å². The average molecular weight is 286 g/mol. The Labute approximate surface area is 104 Å². The number of hydrogen-bond donors (Lipinski definition) is 1. The van der Waals surface area contributed by atoms with E-state index in [1.54, 1.807) is 6.92 Å². The molecule has 4 heteroatoms. The van der Waals surface area contributed by atoms with E-state index in [0.29, 0.717) is 6.61 Å².